The van der Waals surface area contributed by atoms with Crippen LogP contribution in [0.25, 0.3) is 0 Å². The normalized spacial score (nSPS) is 17.4. The number of hydrogen-bond donors (Lipinski definition) is 1. The standard InChI is InChI=1S/C13H18ClNO2S/c1-2-9-18(16,17)12-5-3-11(4-6-12)15-13(10-14)7-8-13/h3-6,15H,2,7-10H2,1H3. The highest BCUT2D eigenvalue weighted by Gasteiger charge is 2.41. The number of alkyl halides is 1. The molecule has 1 aliphatic rings. The smallest absolute Gasteiger partial charge is 0.178 e. The molecule has 18 heavy (non-hydrogen) atoms. The van der Waals surface area contributed by atoms with E-state index in [0.29, 0.717) is 17.2 Å². The molecule has 2 rings (SSSR count). The van der Waals surface area contributed by atoms with Gasteiger partial charge in [0.05, 0.1) is 16.2 Å². The Hall–Kier alpha value is -0.740. The quantitative estimate of drug-likeness (QED) is 0.818. The van der Waals surface area contributed by atoms with Crippen LogP contribution in [0.3, 0.4) is 0 Å². The zero-order valence-corrected chi connectivity index (χ0v) is 12.0. The van der Waals surface area contributed by atoms with Crippen LogP contribution in [0, 0.1) is 0 Å². The molecule has 1 saturated carbocycles. The summed E-state index contributed by atoms with van der Waals surface area (Å²) in [7, 11) is -3.11. The van der Waals surface area contributed by atoms with Crippen LogP contribution >= 0.6 is 11.6 Å². The van der Waals surface area contributed by atoms with Gasteiger partial charge < -0.3 is 5.32 Å². The van der Waals surface area contributed by atoms with Gasteiger partial charge in [0.25, 0.3) is 0 Å². The zero-order valence-electron chi connectivity index (χ0n) is 10.4. The van der Waals surface area contributed by atoms with Gasteiger partial charge in [0, 0.05) is 11.6 Å². The third kappa shape index (κ3) is 2.98. The van der Waals surface area contributed by atoms with Gasteiger partial charge in [-0.3, -0.25) is 0 Å². The number of hydrogen-bond acceptors (Lipinski definition) is 3. The van der Waals surface area contributed by atoms with Gasteiger partial charge in [0.15, 0.2) is 9.84 Å². The Labute approximate surface area is 113 Å². The van der Waals surface area contributed by atoms with E-state index in [2.05, 4.69) is 5.32 Å². The third-order valence-corrected chi connectivity index (χ3v) is 5.65. The van der Waals surface area contributed by atoms with Crippen molar-refractivity contribution in [3.8, 4) is 0 Å². The van der Waals surface area contributed by atoms with Crippen LogP contribution in [-0.4, -0.2) is 25.6 Å². The topological polar surface area (TPSA) is 46.2 Å². The average Bonchev–Trinajstić information content (AvgIpc) is 3.10. The molecule has 1 aromatic carbocycles. The molecule has 3 nitrogen and oxygen atoms in total. The number of halogens is 1. The van der Waals surface area contributed by atoms with Gasteiger partial charge in [0.2, 0.25) is 0 Å². The van der Waals surface area contributed by atoms with Crippen molar-refractivity contribution in [3.63, 3.8) is 0 Å². The van der Waals surface area contributed by atoms with E-state index in [0.717, 1.165) is 18.5 Å². The monoisotopic (exact) mass is 287 g/mol. The lowest BCUT2D eigenvalue weighted by molar-refractivity contribution is 0.595. The Morgan fingerprint density at radius 1 is 1.28 bits per heavy atom. The molecular formula is C13H18ClNO2S. The number of nitrogens with one attached hydrogen (secondary N) is 1. The Morgan fingerprint density at radius 3 is 2.33 bits per heavy atom. The second-order valence-electron chi connectivity index (χ2n) is 4.88. The minimum absolute atomic E-state index is 0.0331. The molecule has 0 bridgehead atoms. The minimum Gasteiger partial charge on any atom is -0.378 e. The van der Waals surface area contributed by atoms with E-state index < -0.39 is 9.84 Å². The van der Waals surface area contributed by atoms with E-state index >= 15 is 0 Å². The number of rotatable bonds is 6. The van der Waals surface area contributed by atoms with E-state index in [9.17, 15) is 8.42 Å². The van der Waals surface area contributed by atoms with Gasteiger partial charge in [0.1, 0.15) is 0 Å². The first kappa shape index (κ1) is 13.7. The van der Waals surface area contributed by atoms with Crippen LogP contribution < -0.4 is 5.32 Å². The summed E-state index contributed by atoms with van der Waals surface area (Å²) >= 11 is 5.89. The lowest BCUT2D eigenvalue weighted by atomic mass is 10.2. The molecule has 0 unspecified atom stereocenters. The summed E-state index contributed by atoms with van der Waals surface area (Å²) in [6.07, 6.45) is 2.79. The molecule has 0 amide bonds. The molecule has 100 valence electrons. The van der Waals surface area contributed by atoms with Gasteiger partial charge in [-0.15, -0.1) is 11.6 Å². The highest BCUT2D eigenvalue weighted by atomic mass is 35.5. The third-order valence-electron chi connectivity index (χ3n) is 3.21. The van der Waals surface area contributed by atoms with E-state index in [-0.39, 0.29) is 11.3 Å². The maximum atomic E-state index is 11.9. The maximum absolute atomic E-state index is 11.9. The molecule has 0 aromatic heterocycles. The predicted molar refractivity (Wildman–Crippen MR) is 75.1 cm³/mol. The Balaban J connectivity index is 2.11. The first-order valence-electron chi connectivity index (χ1n) is 6.18. The fraction of sp³-hybridized carbons (Fsp3) is 0.538. The Kier molecular flexibility index (Phi) is 3.87. The average molecular weight is 288 g/mol. The van der Waals surface area contributed by atoms with Gasteiger partial charge in [-0.05, 0) is 43.5 Å². The van der Waals surface area contributed by atoms with Crippen LogP contribution in [0.5, 0.6) is 0 Å². The first-order valence-corrected chi connectivity index (χ1v) is 8.37. The van der Waals surface area contributed by atoms with E-state index in [1.165, 1.54) is 0 Å². The lowest BCUT2D eigenvalue weighted by Crippen LogP contribution is -2.22. The van der Waals surface area contributed by atoms with Crippen molar-refractivity contribution in [1.82, 2.24) is 0 Å². The Bertz CT molecular complexity index is 506. The number of benzene rings is 1. The molecule has 1 aromatic rings. The predicted octanol–water partition coefficient (Wildman–Crippen LogP) is 3.05. The molecule has 1 fully saturated rings. The largest absolute Gasteiger partial charge is 0.378 e. The van der Waals surface area contributed by atoms with Crippen LogP contribution in [0.15, 0.2) is 29.2 Å². The van der Waals surface area contributed by atoms with Crippen molar-refractivity contribution in [1.29, 1.82) is 0 Å². The van der Waals surface area contributed by atoms with Crippen LogP contribution in [0.1, 0.15) is 26.2 Å². The molecule has 0 saturated heterocycles. The molecule has 0 radical (unpaired) electrons. The number of sulfone groups is 1. The van der Waals surface area contributed by atoms with Crippen molar-refractivity contribution in [2.24, 2.45) is 0 Å². The molecule has 1 N–H and O–H groups in total. The first-order chi connectivity index (χ1) is 8.51. The van der Waals surface area contributed by atoms with Crippen LogP contribution in [-0.2, 0) is 9.84 Å². The van der Waals surface area contributed by atoms with Crippen LogP contribution in [0.4, 0.5) is 5.69 Å². The fourth-order valence-electron chi connectivity index (χ4n) is 1.88. The highest BCUT2D eigenvalue weighted by molar-refractivity contribution is 7.91. The second-order valence-corrected chi connectivity index (χ2v) is 7.26. The summed E-state index contributed by atoms with van der Waals surface area (Å²) in [5.41, 5.74) is 0.967. The van der Waals surface area contributed by atoms with Gasteiger partial charge in [-0.2, -0.15) is 0 Å². The maximum Gasteiger partial charge on any atom is 0.178 e. The molecule has 0 heterocycles. The van der Waals surface area contributed by atoms with Crippen molar-refractivity contribution in [3.05, 3.63) is 24.3 Å². The fourth-order valence-corrected chi connectivity index (χ4v) is 3.54. The van der Waals surface area contributed by atoms with Crippen molar-refractivity contribution in [2.45, 2.75) is 36.6 Å². The van der Waals surface area contributed by atoms with Gasteiger partial charge >= 0.3 is 0 Å². The minimum atomic E-state index is -3.11. The summed E-state index contributed by atoms with van der Waals surface area (Å²) in [4.78, 5) is 0.394. The molecule has 1 aliphatic carbocycles. The molecule has 0 aliphatic heterocycles. The Morgan fingerprint density at radius 2 is 1.89 bits per heavy atom. The second kappa shape index (κ2) is 5.10. The van der Waals surface area contributed by atoms with Crippen molar-refractivity contribution in [2.75, 3.05) is 16.9 Å². The summed E-state index contributed by atoms with van der Waals surface area (Å²) in [5, 5.41) is 3.36. The summed E-state index contributed by atoms with van der Waals surface area (Å²) < 4.78 is 23.7. The van der Waals surface area contributed by atoms with E-state index in [4.69, 9.17) is 11.6 Å². The van der Waals surface area contributed by atoms with E-state index in [1.54, 1.807) is 12.1 Å². The summed E-state index contributed by atoms with van der Waals surface area (Å²) in [5.74, 6) is 0.786. The SMILES string of the molecule is CCCS(=O)(=O)c1ccc(NC2(CCl)CC2)cc1. The van der Waals surface area contributed by atoms with Gasteiger partial charge in [-0.25, -0.2) is 8.42 Å². The number of anilines is 1. The summed E-state index contributed by atoms with van der Waals surface area (Å²) in [6, 6.07) is 6.96. The van der Waals surface area contributed by atoms with Crippen molar-refractivity contribution >= 4 is 27.1 Å². The zero-order chi connectivity index (χ0) is 13.2. The van der Waals surface area contributed by atoms with Crippen LogP contribution in [0.2, 0.25) is 0 Å². The summed E-state index contributed by atoms with van der Waals surface area (Å²) in [6.45, 7) is 1.87. The molecule has 0 atom stereocenters. The highest BCUT2D eigenvalue weighted by Crippen LogP contribution is 2.39. The molecule has 5 heteroatoms. The molecular weight excluding hydrogens is 270 g/mol. The van der Waals surface area contributed by atoms with E-state index in [1.807, 2.05) is 19.1 Å². The lowest BCUT2D eigenvalue weighted by Gasteiger charge is -2.15. The van der Waals surface area contributed by atoms with Gasteiger partial charge in [-0.1, -0.05) is 6.92 Å². The van der Waals surface area contributed by atoms with Crippen molar-refractivity contribution < 1.29 is 8.42 Å². The molecule has 0 spiro atoms.